The quantitative estimate of drug-likeness (QED) is 0.831. The predicted molar refractivity (Wildman–Crippen MR) is 96.4 cm³/mol. The summed E-state index contributed by atoms with van der Waals surface area (Å²) in [7, 11) is 0. The zero-order valence-electron chi connectivity index (χ0n) is 15.1. The van der Waals surface area contributed by atoms with E-state index >= 15 is 0 Å². The fourth-order valence-electron chi connectivity index (χ4n) is 3.60. The molecule has 1 fully saturated rings. The van der Waals surface area contributed by atoms with Crippen molar-refractivity contribution in [2.24, 2.45) is 11.8 Å². The van der Waals surface area contributed by atoms with Crippen LogP contribution in [0, 0.1) is 11.8 Å². The second-order valence-corrected chi connectivity index (χ2v) is 6.70. The molecule has 1 aromatic rings. The van der Waals surface area contributed by atoms with Crippen molar-refractivity contribution in [3.05, 3.63) is 35.9 Å². The van der Waals surface area contributed by atoms with E-state index in [2.05, 4.69) is 5.32 Å². The van der Waals surface area contributed by atoms with Crippen LogP contribution in [0.1, 0.15) is 58.1 Å². The van der Waals surface area contributed by atoms with E-state index in [4.69, 9.17) is 0 Å². The molecule has 4 nitrogen and oxygen atoms in total. The standard InChI is InChI=1S/C20H30N2O2/c1-4-22(5-2)20(24)18(17-13-7-6-8-14-17)21-19(23)15(3)16-11-9-10-12-16/h6-8,13-16,18H,4-5,9-12H2,1-3H3,(H,21,23)/t15?,18-/m1/s1. The molecule has 1 aliphatic carbocycles. The molecule has 0 spiro atoms. The van der Waals surface area contributed by atoms with Crippen molar-refractivity contribution >= 4 is 11.8 Å². The van der Waals surface area contributed by atoms with Gasteiger partial charge in [-0.1, -0.05) is 50.1 Å². The topological polar surface area (TPSA) is 49.4 Å². The van der Waals surface area contributed by atoms with Gasteiger partial charge in [0.25, 0.3) is 0 Å². The Kier molecular flexibility index (Phi) is 6.83. The van der Waals surface area contributed by atoms with Crippen molar-refractivity contribution in [1.82, 2.24) is 10.2 Å². The number of nitrogens with one attached hydrogen (secondary N) is 1. The highest BCUT2D eigenvalue weighted by Gasteiger charge is 2.31. The number of rotatable bonds is 7. The van der Waals surface area contributed by atoms with Gasteiger partial charge in [-0.25, -0.2) is 0 Å². The van der Waals surface area contributed by atoms with E-state index < -0.39 is 6.04 Å². The minimum absolute atomic E-state index is 0.00346. The van der Waals surface area contributed by atoms with Gasteiger partial charge in [0.05, 0.1) is 0 Å². The SMILES string of the molecule is CCN(CC)C(=O)[C@H](NC(=O)C(C)C1CCCC1)c1ccccc1. The molecule has 0 aromatic heterocycles. The van der Waals surface area contributed by atoms with Crippen LogP contribution in [0.5, 0.6) is 0 Å². The van der Waals surface area contributed by atoms with E-state index in [9.17, 15) is 9.59 Å². The van der Waals surface area contributed by atoms with Crippen molar-refractivity contribution in [2.75, 3.05) is 13.1 Å². The van der Waals surface area contributed by atoms with Crippen molar-refractivity contribution < 1.29 is 9.59 Å². The summed E-state index contributed by atoms with van der Waals surface area (Å²) in [5, 5.41) is 3.03. The Hall–Kier alpha value is -1.84. The Balaban J connectivity index is 2.16. The Morgan fingerprint density at radius 3 is 2.25 bits per heavy atom. The molecule has 4 heteroatoms. The van der Waals surface area contributed by atoms with Gasteiger partial charge in [0.1, 0.15) is 6.04 Å². The largest absolute Gasteiger partial charge is 0.341 e. The molecule has 0 radical (unpaired) electrons. The highest BCUT2D eigenvalue weighted by atomic mass is 16.2. The zero-order valence-corrected chi connectivity index (χ0v) is 15.1. The van der Waals surface area contributed by atoms with Gasteiger partial charge in [0.2, 0.25) is 11.8 Å². The number of benzene rings is 1. The van der Waals surface area contributed by atoms with Gasteiger partial charge in [-0.3, -0.25) is 9.59 Å². The van der Waals surface area contributed by atoms with E-state index in [1.165, 1.54) is 12.8 Å². The molecule has 1 N–H and O–H groups in total. The first-order chi connectivity index (χ1) is 11.6. The summed E-state index contributed by atoms with van der Waals surface area (Å²) < 4.78 is 0. The molecule has 1 unspecified atom stereocenters. The van der Waals surface area contributed by atoms with Gasteiger partial charge in [-0.15, -0.1) is 0 Å². The number of carbonyl (C=O) groups is 2. The van der Waals surface area contributed by atoms with Gasteiger partial charge in [-0.2, -0.15) is 0 Å². The fraction of sp³-hybridized carbons (Fsp3) is 0.600. The first-order valence-corrected chi connectivity index (χ1v) is 9.22. The molecule has 1 saturated carbocycles. The zero-order chi connectivity index (χ0) is 17.5. The van der Waals surface area contributed by atoms with Crippen molar-refractivity contribution in [2.45, 2.75) is 52.5 Å². The van der Waals surface area contributed by atoms with Crippen molar-refractivity contribution in [3.63, 3.8) is 0 Å². The first-order valence-electron chi connectivity index (χ1n) is 9.22. The Labute approximate surface area is 145 Å². The fourth-order valence-corrected chi connectivity index (χ4v) is 3.60. The minimum atomic E-state index is -0.595. The predicted octanol–water partition coefficient (Wildman–Crippen LogP) is 3.54. The lowest BCUT2D eigenvalue weighted by Crippen LogP contribution is -2.45. The average Bonchev–Trinajstić information content (AvgIpc) is 3.15. The van der Waals surface area contributed by atoms with Crippen LogP contribution in [0.15, 0.2) is 30.3 Å². The van der Waals surface area contributed by atoms with Crippen LogP contribution in [0.3, 0.4) is 0 Å². The van der Waals surface area contributed by atoms with Gasteiger partial charge in [0.15, 0.2) is 0 Å². The van der Waals surface area contributed by atoms with E-state index in [-0.39, 0.29) is 17.7 Å². The van der Waals surface area contributed by atoms with Gasteiger partial charge >= 0.3 is 0 Å². The third-order valence-electron chi connectivity index (χ3n) is 5.26. The second kappa shape index (κ2) is 8.86. The number of carbonyl (C=O) groups excluding carboxylic acids is 2. The highest BCUT2D eigenvalue weighted by molar-refractivity contribution is 5.89. The van der Waals surface area contributed by atoms with Gasteiger partial charge < -0.3 is 10.2 Å². The second-order valence-electron chi connectivity index (χ2n) is 6.70. The van der Waals surface area contributed by atoms with Crippen LogP contribution in [0.4, 0.5) is 0 Å². The molecular formula is C20H30N2O2. The summed E-state index contributed by atoms with van der Waals surface area (Å²) in [5.41, 5.74) is 0.848. The summed E-state index contributed by atoms with van der Waals surface area (Å²) in [6, 6.07) is 8.96. The summed E-state index contributed by atoms with van der Waals surface area (Å²) >= 11 is 0. The maximum Gasteiger partial charge on any atom is 0.249 e. The Bertz CT molecular complexity index is 534. The Morgan fingerprint density at radius 1 is 1.12 bits per heavy atom. The number of hydrogen-bond acceptors (Lipinski definition) is 2. The monoisotopic (exact) mass is 330 g/mol. The van der Waals surface area contributed by atoms with E-state index in [0.29, 0.717) is 19.0 Å². The lowest BCUT2D eigenvalue weighted by molar-refractivity contribution is -0.137. The van der Waals surface area contributed by atoms with Gasteiger partial charge in [-0.05, 0) is 38.2 Å². The number of amides is 2. The number of likely N-dealkylation sites (N-methyl/N-ethyl adjacent to an activating group) is 1. The molecule has 0 saturated heterocycles. The lowest BCUT2D eigenvalue weighted by Gasteiger charge is -2.28. The van der Waals surface area contributed by atoms with E-state index in [1.807, 2.05) is 51.1 Å². The third-order valence-corrected chi connectivity index (χ3v) is 5.26. The molecule has 0 heterocycles. The normalized spacial score (nSPS) is 17.3. The van der Waals surface area contributed by atoms with Gasteiger partial charge in [0, 0.05) is 19.0 Å². The van der Waals surface area contributed by atoms with Crippen LogP contribution in [0.25, 0.3) is 0 Å². The highest BCUT2D eigenvalue weighted by Crippen LogP contribution is 2.31. The summed E-state index contributed by atoms with van der Waals surface area (Å²) in [4.78, 5) is 27.4. The first kappa shape index (κ1) is 18.5. The molecule has 1 aromatic carbocycles. The van der Waals surface area contributed by atoms with Crippen LogP contribution in [0.2, 0.25) is 0 Å². The maximum absolute atomic E-state index is 12.9. The molecule has 0 aliphatic heterocycles. The van der Waals surface area contributed by atoms with Crippen LogP contribution in [-0.2, 0) is 9.59 Å². The van der Waals surface area contributed by atoms with Crippen LogP contribution < -0.4 is 5.32 Å². The molecule has 0 bridgehead atoms. The molecular weight excluding hydrogens is 300 g/mol. The molecule has 1 aliphatic rings. The molecule has 132 valence electrons. The Morgan fingerprint density at radius 2 is 1.71 bits per heavy atom. The van der Waals surface area contributed by atoms with E-state index in [0.717, 1.165) is 18.4 Å². The summed E-state index contributed by atoms with van der Waals surface area (Å²) in [6.45, 7) is 7.22. The molecule has 24 heavy (non-hydrogen) atoms. The maximum atomic E-state index is 12.9. The molecule has 2 atom stereocenters. The number of hydrogen-bond donors (Lipinski definition) is 1. The molecule has 2 amide bonds. The molecule has 2 rings (SSSR count). The smallest absolute Gasteiger partial charge is 0.249 e. The van der Waals surface area contributed by atoms with Crippen molar-refractivity contribution in [1.29, 1.82) is 0 Å². The van der Waals surface area contributed by atoms with E-state index in [1.54, 1.807) is 4.90 Å². The summed E-state index contributed by atoms with van der Waals surface area (Å²) in [6.07, 6.45) is 4.66. The minimum Gasteiger partial charge on any atom is -0.341 e. The van der Waals surface area contributed by atoms with Crippen LogP contribution in [-0.4, -0.2) is 29.8 Å². The number of nitrogens with zero attached hydrogens (tertiary/aromatic N) is 1. The van der Waals surface area contributed by atoms with Crippen molar-refractivity contribution in [3.8, 4) is 0 Å². The lowest BCUT2D eigenvalue weighted by atomic mass is 9.91. The van der Waals surface area contributed by atoms with Crippen LogP contribution >= 0.6 is 0 Å². The summed E-state index contributed by atoms with van der Waals surface area (Å²) in [5.74, 6) is 0.377. The average molecular weight is 330 g/mol. The third kappa shape index (κ3) is 4.37.